The molecular weight excluding hydrogens is 298 g/mol. The van der Waals surface area contributed by atoms with Crippen molar-refractivity contribution in [1.82, 2.24) is 4.90 Å². The lowest BCUT2D eigenvalue weighted by atomic mass is 10.1. The van der Waals surface area contributed by atoms with Crippen molar-refractivity contribution in [1.29, 1.82) is 0 Å². The van der Waals surface area contributed by atoms with Crippen LogP contribution in [0.15, 0.2) is 42.5 Å². The van der Waals surface area contributed by atoms with Crippen molar-refractivity contribution in [3.05, 3.63) is 59.2 Å². The van der Waals surface area contributed by atoms with E-state index in [9.17, 15) is 14.4 Å². The average molecular weight is 311 g/mol. The van der Waals surface area contributed by atoms with Crippen molar-refractivity contribution in [2.75, 3.05) is 13.8 Å². The number of rotatable bonds is 5. The van der Waals surface area contributed by atoms with Crippen LogP contribution >= 0.6 is 0 Å². The van der Waals surface area contributed by atoms with Gasteiger partial charge in [0.05, 0.1) is 18.2 Å². The van der Waals surface area contributed by atoms with Crippen molar-refractivity contribution >= 4 is 18.1 Å². The van der Waals surface area contributed by atoms with Crippen LogP contribution in [0, 0.1) is 0 Å². The molecule has 1 aliphatic rings. The molecule has 0 N–H and O–H groups in total. The Morgan fingerprint density at radius 2 is 1.65 bits per heavy atom. The van der Waals surface area contributed by atoms with Gasteiger partial charge in [0.2, 0.25) is 0 Å². The van der Waals surface area contributed by atoms with E-state index in [-0.39, 0.29) is 6.73 Å². The fourth-order valence-corrected chi connectivity index (χ4v) is 2.37. The Morgan fingerprint density at radius 1 is 1.00 bits per heavy atom. The predicted molar refractivity (Wildman–Crippen MR) is 80.8 cm³/mol. The van der Waals surface area contributed by atoms with Gasteiger partial charge in [-0.1, -0.05) is 12.1 Å². The summed E-state index contributed by atoms with van der Waals surface area (Å²) in [6.07, 6.45) is 0.691. The molecule has 1 aliphatic heterocycles. The number of fused-ring (bicyclic) bond motifs is 1. The first-order valence-electron chi connectivity index (χ1n) is 6.87. The van der Waals surface area contributed by atoms with Crippen molar-refractivity contribution in [2.24, 2.45) is 0 Å². The smallest absolute Gasteiger partial charge is 0.264 e. The highest BCUT2D eigenvalue weighted by molar-refractivity contribution is 6.21. The second-order valence-corrected chi connectivity index (χ2v) is 4.89. The third-order valence-corrected chi connectivity index (χ3v) is 3.55. The largest absolute Gasteiger partial charge is 0.493 e. The Labute approximate surface area is 132 Å². The van der Waals surface area contributed by atoms with Gasteiger partial charge in [0.1, 0.15) is 6.29 Å². The van der Waals surface area contributed by atoms with Crippen LogP contribution in [0.25, 0.3) is 0 Å². The van der Waals surface area contributed by atoms with E-state index in [1.54, 1.807) is 36.4 Å². The van der Waals surface area contributed by atoms with E-state index in [0.717, 1.165) is 4.90 Å². The highest BCUT2D eigenvalue weighted by Gasteiger charge is 2.35. The van der Waals surface area contributed by atoms with E-state index < -0.39 is 11.8 Å². The summed E-state index contributed by atoms with van der Waals surface area (Å²) in [5.74, 6) is -0.0935. The number of nitrogens with zero attached hydrogens (tertiary/aromatic N) is 1. The second kappa shape index (κ2) is 5.92. The van der Waals surface area contributed by atoms with Crippen LogP contribution < -0.4 is 9.47 Å². The summed E-state index contributed by atoms with van der Waals surface area (Å²) < 4.78 is 10.7. The number of carbonyl (C=O) groups excluding carboxylic acids is 3. The molecule has 0 fully saturated rings. The third kappa shape index (κ3) is 2.55. The first kappa shape index (κ1) is 14.8. The molecule has 0 radical (unpaired) electrons. The number of hydrogen-bond donors (Lipinski definition) is 0. The Morgan fingerprint density at radius 3 is 2.22 bits per heavy atom. The van der Waals surface area contributed by atoms with E-state index in [0.29, 0.717) is 34.5 Å². The highest BCUT2D eigenvalue weighted by Crippen LogP contribution is 2.29. The zero-order chi connectivity index (χ0) is 16.4. The molecule has 6 heteroatoms. The number of imide groups is 1. The van der Waals surface area contributed by atoms with E-state index in [1.165, 1.54) is 13.2 Å². The minimum absolute atomic E-state index is 0.233. The average Bonchev–Trinajstić information content (AvgIpc) is 2.84. The molecule has 2 aromatic carbocycles. The van der Waals surface area contributed by atoms with Crippen LogP contribution in [-0.4, -0.2) is 36.8 Å². The van der Waals surface area contributed by atoms with Crippen LogP contribution in [-0.2, 0) is 0 Å². The predicted octanol–water partition coefficient (Wildman–Crippen LogP) is 2.14. The molecule has 0 atom stereocenters. The zero-order valence-corrected chi connectivity index (χ0v) is 12.3. The second-order valence-electron chi connectivity index (χ2n) is 4.89. The monoisotopic (exact) mass is 311 g/mol. The number of carbonyl (C=O) groups is 3. The minimum Gasteiger partial charge on any atom is -0.493 e. The summed E-state index contributed by atoms with van der Waals surface area (Å²) in [7, 11) is 1.44. The molecule has 0 saturated heterocycles. The molecule has 23 heavy (non-hydrogen) atoms. The molecule has 0 unspecified atom stereocenters. The van der Waals surface area contributed by atoms with E-state index >= 15 is 0 Å². The molecule has 0 aromatic heterocycles. The zero-order valence-electron chi connectivity index (χ0n) is 12.3. The highest BCUT2D eigenvalue weighted by atomic mass is 16.5. The normalized spacial score (nSPS) is 13.0. The maximum Gasteiger partial charge on any atom is 0.264 e. The summed E-state index contributed by atoms with van der Waals surface area (Å²) in [6, 6.07) is 11.3. The lowest BCUT2D eigenvalue weighted by Gasteiger charge is -2.16. The van der Waals surface area contributed by atoms with Crippen molar-refractivity contribution < 1.29 is 23.9 Å². The van der Waals surface area contributed by atoms with Crippen molar-refractivity contribution in [2.45, 2.75) is 0 Å². The Kier molecular flexibility index (Phi) is 3.80. The first-order chi connectivity index (χ1) is 11.2. The van der Waals surface area contributed by atoms with Gasteiger partial charge in [0, 0.05) is 5.56 Å². The number of amides is 2. The van der Waals surface area contributed by atoms with Crippen LogP contribution in [0.4, 0.5) is 0 Å². The Hall–Kier alpha value is -3.15. The molecule has 116 valence electrons. The topological polar surface area (TPSA) is 72.9 Å². The fourth-order valence-electron chi connectivity index (χ4n) is 2.37. The van der Waals surface area contributed by atoms with Gasteiger partial charge >= 0.3 is 0 Å². The number of ether oxygens (including phenoxy) is 2. The van der Waals surface area contributed by atoms with Crippen LogP contribution in [0.1, 0.15) is 31.1 Å². The molecule has 6 nitrogen and oxygen atoms in total. The lowest BCUT2D eigenvalue weighted by molar-refractivity contribution is 0.0518. The van der Waals surface area contributed by atoms with Crippen LogP contribution in [0.2, 0.25) is 0 Å². The Bertz CT molecular complexity index is 764. The number of benzene rings is 2. The summed E-state index contributed by atoms with van der Waals surface area (Å²) in [6.45, 7) is -0.233. The summed E-state index contributed by atoms with van der Waals surface area (Å²) >= 11 is 0. The molecule has 0 saturated carbocycles. The van der Waals surface area contributed by atoms with Gasteiger partial charge in [0.25, 0.3) is 11.8 Å². The summed E-state index contributed by atoms with van der Waals surface area (Å²) in [5, 5.41) is 0. The van der Waals surface area contributed by atoms with Gasteiger partial charge in [0.15, 0.2) is 18.2 Å². The lowest BCUT2D eigenvalue weighted by Crippen LogP contribution is -2.33. The van der Waals surface area contributed by atoms with Crippen LogP contribution in [0.3, 0.4) is 0 Å². The summed E-state index contributed by atoms with van der Waals surface area (Å²) in [4.78, 5) is 36.3. The standard InChI is InChI=1S/C17H13NO5/c1-22-15-8-11(9-19)6-7-14(15)23-10-18-16(20)12-4-2-3-5-13(12)17(18)21/h2-9H,10H2,1H3. The molecule has 0 aliphatic carbocycles. The molecule has 0 spiro atoms. The molecule has 3 rings (SSSR count). The van der Waals surface area contributed by atoms with Gasteiger partial charge < -0.3 is 9.47 Å². The van der Waals surface area contributed by atoms with E-state index in [4.69, 9.17) is 9.47 Å². The molecule has 2 amide bonds. The summed E-state index contributed by atoms with van der Waals surface area (Å²) in [5.41, 5.74) is 1.17. The SMILES string of the molecule is COc1cc(C=O)ccc1OCN1C(=O)c2ccccc2C1=O. The quantitative estimate of drug-likeness (QED) is 0.625. The van der Waals surface area contributed by atoms with Gasteiger partial charge in [-0.15, -0.1) is 0 Å². The molecule has 1 heterocycles. The van der Waals surface area contributed by atoms with E-state index in [2.05, 4.69) is 0 Å². The maximum atomic E-state index is 12.2. The number of methoxy groups -OCH3 is 1. The van der Waals surface area contributed by atoms with Crippen LogP contribution in [0.5, 0.6) is 11.5 Å². The Balaban J connectivity index is 1.79. The third-order valence-electron chi connectivity index (χ3n) is 3.55. The van der Waals surface area contributed by atoms with Gasteiger partial charge in [-0.05, 0) is 30.3 Å². The molecule has 0 bridgehead atoms. The van der Waals surface area contributed by atoms with Gasteiger partial charge in [-0.2, -0.15) is 0 Å². The minimum atomic E-state index is -0.394. The molecule has 2 aromatic rings. The van der Waals surface area contributed by atoms with E-state index in [1.807, 2.05) is 0 Å². The maximum absolute atomic E-state index is 12.2. The first-order valence-corrected chi connectivity index (χ1v) is 6.87. The van der Waals surface area contributed by atoms with Gasteiger partial charge in [-0.25, -0.2) is 4.90 Å². The van der Waals surface area contributed by atoms with Crippen molar-refractivity contribution in [3.8, 4) is 11.5 Å². The fraction of sp³-hybridized carbons (Fsp3) is 0.118. The van der Waals surface area contributed by atoms with Crippen molar-refractivity contribution in [3.63, 3.8) is 0 Å². The molecular formula is C17H13NO5. The number of aldehydes is 1. The number of hydrogen-bond acceptors (Lipinski definition) is 5. The van der Waals surface area contributed by atoms with Gasteiger partial charge in [-0.3, -0.25) is 14.4 Å².